The van der Waals surface area contributed by atoms with Crippen molar-refractivity contribution in [2.24, 2.45) is 5.73 Å². The predicted molar refractivity (Wildman–Crippen MR) is 53.0 cm³/mol. The highest BCUT2D eigenvalue weighted by Gasteiger charge is 2.04. The van der Waals surface area contributed by atoms with Gasteiger partial charge in [-0.2, -0.15) is 0 Å². The lowest BCUT2D eigenvalue weighted by Gasteiger charge is -1.99. The van der Waals surface area contributed by atoms with E-state index in [1.165, 1.54) is 0 Å². The van der Waals surface area contributed by atoms with Crippen LogP contribution in [0, 0.1) is 5.41 Å². The molecular weight excluding hydrogens is 178 g/mol. The Morgan fingerprint density at radius 1 is 1.29 bits per heavy atom. The molecule has 4 nitrogen and oxygen atoms in total. The Bertz CT molecular complexity index is 448. The number of hydrogen-bond acceptors (Lipinski definition) is 3. The molecule has 0 aliphatic heterocycles. The van der Waals surface area contributed by atoms with E-state index in [4.69, 9.17) is 15.6 Å². The first-order chi connectivity index (χ1) is 6.77. The van der Waals surface area contributed by atoms with Crippen LogP contribution in [0.5, 0.6) is 0 Å². The second kappa shape index (κ2) is 3.33. The number of nitrogens with one attached hydrogen (secondary N) is 1. The van der Waals surface area contributed by atoms with Gasteiger partial charge in [0, 0.05) is 0 Å². The Kier molecular flexibility index (Phi) is 2.02. The Balaban J connectivity index is 2.46. The maximum absolute atomic E-state index is 7.24. The summed E-state index contributed by atoms with van der Waals surface area (Å²) in [6.07, 6.45) is 1.58. The van der Waals surface area contributed by atoms with Crippen LogP contribution in [0.15, 0.2) is 41.0 Å². The first-order valence-electron chi connectivity index (χ1n) is 4.13. The standard InChI is InChI=1S/C10H9N3O/c11-10(12)8-4-1-3-7(13-8)9-5-2-6-14-9/h1-6H,(H3,11,12). The zero-order chi connectivity index (χ0) is 9.97. The van der Waals surface area contributed by atoms with E-state index in [1.807, 2.05) is 12.1 Å². The molecule has 14 heavy (non-hydrogen) atoms. The summed E-state index contributed by atoms with van der Waals surface area (Å²) in [5.41, 5.74) is 6.47. The van der Waals surface area contributed by atoms with Crippen molar-refractivity contribution in [1.82, 2.24) is 4.98 Å². The Morgan fingerprint density at radius 2 is 2.14 bits per heavy atom. The van der Waals surface area contributed by atoms with Crippen molar-refractivity contribution >= 4 is 5.84 Å². The lowest BCUT2D eigenvalue weighted by atomic mass is 10.2. The summed E-state index contributed by atoms with van der Waals surface area (Å²) in [5, 5.41) is 7.24. The molecule has 0 amide bonds. The third kappa shape index (κ3) is 1.50. The van der Waals surface area contributed by atoms with Crippen LogP contribution >= 0.6 is 0 Å². The SMILES string of the molecule is N=C(N)c1cccc(-c2ccco2)n1. The fraction of sp³-hybridized carbons (Fsp3) is 0. The van der Waals surface area contributed by atoms with E-state index in [-0.39, 0.29) is 5.84 Å². The largest absolute Gasteiger partial charge is 0.463 e. The third-order valence-electron chi connectivity index (χ3n) is 1.80. The van der Waals surface area contributed by atoms with E-state index in [2.05, 4.69) is 4.98 Å². The van der Waals surface area contributed by atoms with Crippen LogP contribution in [0.1, 0.15) is 5.69 Å². The van der Waals surface area contributed by atoms with Crippen molar-refractivity contribution in [3.05, 3.63) is 42.3 Å². The number of nitrogens with two attached hydrogens (primary N) is 1. The molecule has 0 saturated carbocycles. The normalized spacial score (nSPS) is 10.0. The molecule has 4 heteroatoms. The Morgan fingerprint density at radius 3 is 2.79 bits per heavy atom. The van der Waals surface area contributed by atoms with Crippen LogP contribution in [0.3, 0.4) is 0 Å². The first kappa shape index (κ1) is 8.50. The number of nitrogens with zero attached hydrogens (tertiary/aromatic N) is 1. The molecule has 0 aliphatic carbocycles. The van der Waals surface area contributed by atoms with Crippen molar-refractivity contribution in [2.45, 2.75) is 0 Å². The highest BCUT2D eigenvalue weighted by atomic mass is 16.3. The molecule has 2 rings (SSSR count). The van der Waals surface area contributed by atoms with E-state index in [9.17, 15) is 0 Å². The summed E-state index contributed by atoms with van der Waals surface area (Å²) in [4.78, 5) is 4.17. The molecule has 0 aromatic carbocycles. The average molecular weight is 187 g/mol. The molecular formula is C10H9N3O. The second-order valence-corrected chi connectivity index (χ2v) is 2.80. The summed E-state index contributed by atoms with van der Waals surface area (Å²) < 4.78 is 5.18. The highest BCUT2D eigenvalue weighted by molar-refractivity contribution is 5.93. The van der Waals surface area contributed by atoms with Crippen molar-refractivity contribution in [3.63, 3.8) is 0 Å². The lowest BCUT2D eigenvalue weighted by molar-refractivity contribution is 0.580. The molecule has 0 saturated heterocycles. The summed E-state index contributed by atoms with van der Waals surface area (Å²) >= 11 is 0. The van der Waals surface area contributed by atoms with Gasteiger partial charge in [0.15, 0.2) is 5.76 Å². The molecule has 0 spiro atoms. The van der Waals surface area contributed by atoms with Crippen molar-refractivity contribution in [3.8, 4) is 11.5 Å². The van der Waals surface area contributed by atoms with Gasteiger partial charge in [-0.05, 0) is 24.3 Å². The summed E-state index contributed by atoms with van der Waals surface area (Å²) in [5.74, 6) is 0.631. The van der Waals surface area contributed by atoms with Gasteiger partial charge in [0.05, 0.1) is 6.26 Å². The first-order valence-corrected chi connectivity index (χ1v) is 4.13. The minimum Gasteiger partial charge on any atom is -0.463 e. The van der Waals surface area contributed by atoms with Gasteiger partial charge in [0.25, 0.3) is 0 Å². The molecule has 70 valence electrons. The number of pyridine rings is 1. The monoisotopic (exact) mass is 187 g/mol. The van der Waals surface area contributed by atoms with E-state index >= 15 is 0 Å². The molecule has 0 fully saturated rings. The van der Waals surface area contributed by atoms with Gasteiger partial charge in [-0.3, -0.25) is 5.41 Å². The van der Waals surface area contributed by atoms with Gasteiger partial charge in [0.2, 0.25) is 0 Å². The van der Waals surface area contributed by atoms with Crippen LogP contribution in [0.25, 0.3) is 11.5 Å². The highest BCUT2D eigenvalue weighted by Crippen LogP contribution is 2.16. The van der Waals surface area contributed by atoms with Crippen molar-refractivity contribution < 1.29 is 4.42 Å². The maximum Gasteiger partial charge on any atom is 0.152 e. The van der Waals surface area contributed by atoms with Crippen LogP contribution < -0.4 is 5.73 Å². The van der Waals surface area contributed by atoms with E-state index in [1.54, 1.807) is 24.5 Å². The number of aromatic nitrogens is 1. The number of furan rings is 1. The summed E-state index contributed by atoms with van der Waals surface area (Å²) in [6, 6.07) is 8.89. The maximum atomic E-state index is 7.24. The topological polar surface area (TPSA) is 75.9 Å². The quantitative estimate of drug-likeness (QED) is 0.554. The lowest BCUT2D eigenvalue weighted by Crippen LogP contribution is -2.13. The van der Waals surface area contributed by atoms with Gasteiger partial charge in [-0.25, -0.2) is 4.98 Å². The number of rotatable bonds is 2. The summed E-state index contributed by atoms with van der Waals surface area (Å²) in [7, 11) is 0. The molecule has 3 N–H and O–H groups in total. The fourth-order valence-corrected chi connectivity index (χ4v) is 1.15. The van der Waals surface area contributed by atoms with Gasteiger partial charge >= 0.3 is 0 Å². The molecule has 2 aromatic heterocycles. The van der Waals surface area contributed by atoms with Crippen LogP contribution in [-0.2, 0) is 0 Å². The molecule has 2 aromatic rings. The minimum absolute atomic E-state index is 0.0431. The number of amidine groups is 1. The van der Waals surface area contributed by atoms with Crippen molar-refractivity contribution in [2.75, 3.05) is 0 Å². The zero-order valence-electron chi connectivity index (χ0n) is 7.40. The average Bonchev–Trinajstić information content (AvgIpc) is 2.71. The van der Waals surface area contributed by atoms with Gasteiger partial charge in [-0.1, -0.05) is 6.07 Å². The molecule has 0 radical (unpaired) electrons. The van der Waals surface area contributed by atoms with E-state index < -0.39 is 0 Å². The number of hydrogen-bond donors (Lipinski definition) is 2. The molecule has 0 aliphatic rings. The molecule has 0 bridgehead atoms. The van der Waals surface area contributed by atoms with Crippen LogP contribution in [0.2, 0.25) is 0 Å². The molecule has 0 atom stereocenters. The van der Waals surface area contributed by atoms with Gasteiger partial charge in [0.1, 0.15) is 17.2 Å². The fourth-order valence-electron chi connectivity index (χ4n) is 1.15. The number of nitrogen functional groups attached to an aromatic ring is 1. The van der Waals surface area contributed by atoms with Gasteiger partial charge in [-0.15, -0.1) is 0 Å². The Hall–Kier alpha value is -2.10. The summed E-state index contributed by atoms with van der Waals surface area (Å²) in [6.45, 7) is 0. The minimum atomic E-state index is -0.0431. The molecule has 2 heterocycles. The van der Waals surface area contributed by atoms with E-state index in [0.717, 1.165) is 0 Å². The van der Waals surface area contributed by atoms with Crippen molar-refractivity contribution in [1.29, 1.82) is 5.41 Å². The van der Waals surface area contributed by atoms with E-state index in [0.29, 0.717) is 17.1 Å². The Labute approximate surface area is 80.9 Å². The third-order valence-corrected chi connectivity index (χ3v) is 1.80. The van der Waals surface area contributed by atoms with Crippen LogP contribution in [-0.4, -0.2) is 10.8 Å². The predicted octanol–water partition coefficient (Wildman–Crippen LogP) is 1.63. The van der Waals surface area contributed by atoms with Gasteiger partial charge < -0.3 is 10.2 Å². The van der Waals surface area contributed by atoms with Crippen LogP contribution in [0.4, 0.5) is 0 Å². The zero-order valence-corrected chi connectivity index (χ0v) is 7.40. The second-order valence-electron chi connectivity index (χ2n) is 2.80. The smallest absolute Gasteiger partial charge is 0.152 e. The molecule has 0 unspecified atom stereocenters.